The van der Waals surface area contributed by atoms with Crippen molar-refractivity contribution in [1.29, 1.82) is 0 Å². The first-order chi connectivity index (χ1) is 13.6. The van der Waals surface area contributed by atoms with Crippen molar-refractivity contribution < 1.29 is 0 Å². The van der Waals surface area contributed by atoms with Crippen LogP contribution in [0.2, 0.25) is 0 Å². The second kappa shape index (κ2) is 7.32. The average molecular weight is 412 g/mol. The Balaban J connectivity index is 1.46. The summed E-state index contributed by atoms with van der Waals surface area (Å²) in [7, 11) is 0. The highest BCUT2D eigenvalue weighted by molar-refractivity contribution is 7.99. The average Bonchev–Trinajstić information content (AvgIpc) is 3.06. The zero-order valence-electron chi connectivity index (χ0n) is 16.2. The summed E-state index contributed by atoms with van der Waals surface area (Å²) in [5.41, 5.74) is 2.63. The molecule has 2 N–H and O–H groups in total. The summed E-state index contributed by atoms with van der Waals surface area (Å²) < 4.78 is 0. The minimum Gasteiger partial charge on any atom is -0.309 e. The molecule has 3 aromatic rings. The van der Waals surface area contributed by atoms with Gasteiger partial charge in [0.25, 0.3) is 5.56 Å². The molecule has 0 fully saturated rings. The fourth-order valence-electron chi connectivity index (χ4n) is 4.47. The largest absolute Gasteiger partial charge is 0.309 e. The number of aromatic nitrogens is 2. The van der Waals surface area contributed by atoms with Gasteiger partial charge in [0.1, 0.15) is 10.7 Å². The number of rotatable bonds is 3. The van der Waals surface area contributed by atoms with E-state index >= 15 is 0 Å². The number of thiophene rings is 1. The quantitative estimate of drug-likeness (QED) is 0.637. The maximum atomic E-state index is 12.9. The van der Waals surface area contributed by atoms with Gasteiger partial charge in [-0.3, -0.25) is 4.79 Å². The van der Waals surface area contributed by atoms with Crippen molar-refractivity contribution in [2.24, 2.45) is 5.92 Å². The molecule has 0 unspecified atom stereocenters. The first-order valence-corrected chi connectivity index (χ1v) is 11.9. The van der Waals surface area contributed by atoms with Crippen LogP contribution in [0.15, 0.2) is 34.0 Å². The highest BCUT2D eigenvalue weighted by Gasteiger charge is 2.26. The number of H-pyrrole nitrogens is 1. The van der Waals surface area contributed by atoms with Crippen LogP contribution in [-0.4, -0.2) is 15.7 Å². The van der Waals surface area contributed by atoms with E-state index in [1.54, 1.807) is 11.3 Å². The topological polar surface area (TPSA) is 57.8 Å². The molecule has 0 bridgehead atoms. The number of hydrogen-bond donors (Lipinski definition) is 2. The highest BCUT2D eigenvalue weighted by Crippen LogP contribution is 2.38. The Morgan fingerprint density at radius 1 is 1.29 bits per heavy atom. The van der Waals surface area contributed by atoms with E-state index in [-0.39, 0.29) is 11.6 Å². The standard InChI is InChI=1S/C22H25N3OS2/c1-12-7-8-15-18(11-12)28-22-19(15)21(26)24-20(25-22)13(2)23-16-9-10-27-17-6-4-3-5-14(16)17/h3-6,12-13,16,23H,7-11H2,1-2H3,(H,24,25,26)/t12-,13+,16-/m1/s1. The Labute approximate surface area is 173 Å². The third-order valence-electron chi connectivity index (χ3n) is 6.00. The fourth-order valence-corrected chi connectivity index (χ4v) is 6.98. The maximum absolute atomic E-state index is 12.9. The Kier molecular flexibility index (Phi) is 4.81. The molecule has 2 aliphatic rings. The van der Waals surface area contributed by atoms with E-state index in [4.69, 9.17) is 4.98 Å². The van der Waals surface area contributed by atoms with Crippen LogP contribution >= 0.6 is 23.1 Å². The van der Waals surface area contributed by atoms with E-state index in [1.807, 2.05) is 11.8 Å². The molecule has 28 heavy (non-hydrogen) atoms. The number of nitrogens with one attached hydrogen (secondary N) is 2. The van der Waals surface area contributed by atoms with E-state index in [0.717, 1.165) is 47.5 Å². The van der Waals surface area contributed by atoms with Crippen LogP contribution in [0, 0.1) is 5.92 Å². The Morgan fingerprint density at radius 3 is 3.04 bits per heavy atom. The lowest BCUT2D eigenvalue weighted by Crippen LogP contribution is -2.29. The Hall–Kier alpha value is -1.63. The van der Waals surface area contributed by atoms with Crippen molar-refractivity contribution in [1.82, 2.24) is 15.3 Å². The minimum absolute atomic E-state index is 0.00342. The van der Waals surface area contributed by atoms with E-state index in [9.17, 15) is 4.79 Å². The normalized spacial score (nSPS) is 22.6. The first kappa shape index (κ1) is 18.4. The molecule has 1 aliphatic carbocycles. The van der Waals surface area contributed by atoms with Gasteiger partial charge in [0, 0.05) is 15.8 Å². The second-order valence-corrected chi connectivity index (χ2v) is 10.3. The van der Waals surface area contributed by atoms with Crippen LogP contribution in [0.3, 0.4) is 0 Å². The second-order valence-electron chi connectivity index (χ2n) is 8.10. The van der Waals surface area contributed by atoms with Crippen molar-refractivity contribution in [3.63, 3.8) is 0 Å². The van der Waals surface area contributed by atoms with Gasteiger partial charge in [-0.15, -0.1) is 23.1 Å². The maximum Gasteiger partial charge on any atom is 0.259 e. The summed E-state index contributed by atoms with van der Waals surface area (Å²) in [6, 6.07) is 8.90. The van der Waals surface area contributed by atoms with Crippen LogP contribution < -0.4 is 10.9 Å². The number of fused-ring (bicyclic) bond motifs is 4. The summed E-state index contributed by atoms with van der Waals surface area (Å²) in [6.07, 6.45) is 4.33. The molecule has 2 aromatic heterocycles. The summed E-state index contributed by atoms with van der Waals surface area (Å²) in [5.74, 6) is 2.56. The third kappa shape index (κ3) is 3.21. The van der Waals surface area contributed by atoms with Gasteiger partial charge < -0.3 is 10.3 Å². The van der Waals surface area contributed by atoms with Crippen LogP contribution in [0.25, 0.3) is 10.2 Å². The number of hydrogen-bond acceptors (Lipinski definition) is 5. The van der Waals surface area contributed by atoms with Gasteiger partial charge in [-0.05, 0) is 61.5 Å². The molecule has 0 amide bonds. The lowest BCUT2D eigenvalue weighted by molar-refractivity contribution is 0.437. The fraction of sp³-hybridized carbons (Fsp3) is 0.455. The van der Waals surface area contributed by atoms with Gasteiger partial charge >= 0.3 is 0 Å². The summed E-state index contributed by atoms with van der Waals surface area (Å²) in [4.78, 5) is 24.5. The van der Waals surface area contributed by atoms with Gasteiger partial charge in [0.2, 0.25) is 0 Å². The molecule has 1 aliphatic heterocycles. The van der Waals surface area contributed by atoms with Crippen LogP contribution in [-0.2, 0) is 12.8 Å². The van der Waals surface area contributed by atoms with Gasteiger partial charge in [0.05, 0.1) is 11.4 Å². The van der Waals surface area contributed by atoms with Crippen molar-refractivity contribution in [3.8, 4) is 0 Å². The summed E-state index contributed by atoms with van der Waals surface area (Å²) in [6.45, 7) is 4.40. The molecule has 5 rings (SSSR count). The SMILES string of the molecule is C[C@@H]1CCc2c(sc3nc([C@H](C)N[C@@H]4CCSc5ccccc54)[nH]c(=O)c23)C1. The van der Waals surface area contributed by atoms with Gasteiger partial charge in [-0.25, -0.2) is 4.98 Å². The monoisotopic (exact) mass is 411 g/mol. The van der Waals surface area contributed by atoms with E-state index in [0.29, 0.717) is 12.0 Å². The number of aryl methyl sites for hydroxylation is 1. The number of thioether (sulfide) groups is 1. The lowest BCUT2D eigenvalue weighted by atomic mass is 9.89. The minimum atomic E-state index is -0.00342. The van der Waals surface area contributed by atoms with Crippen LogP contribution in [0.5, 0.6) is 0 Å². The number of aromatic amines is 1. The molecule has 0 spiro atoms. The molecule has 0 saturated heterocycles. The number of nitrogens with zero attached hydrogens (tertiary/aromatic N) is 1. The molecule has 0 saturated carbocycles. The molecule has 0 radical (unpaired) electrons. The molecule has 146 valence electrons. The van der Waals surface area contributed by atoms with E-state index in [1.165, 1.54) is 20.9 Å². The summed E-state index contributed by atoms with van der Waals surface area (Å²) >= 11 is 3.64. The van der Waals surface area contributed by atoms with Crippen molar-refractivity contribution in [2.75, 3.05) is 5.75 Å². The molecular weight excluding hydrogens is 386 g/mol. The van der Waals surface area contributed by atoms with Crippen molar-refractivity contribution >= 4 is 33.3 Å². The molecule has 1 aromatic carbocycles. The Morgan fingerprint density at radius 2 is 2.14 bits per heavy atom. The van der Waals surface area contributed by atoms with Crippen LogP contribution in [0.4, 0.5) is 0 Å². The van der Waals surface area contributed by atoms with Gasteiger partial charge in [-0.2, -0.15) is 0 Å². The highest BCUT2D eigenvalue weighted by atomic mass is 32.2. The van der Waals surface area contributed by atoms with Crippen molar-refractivity contribution in [2.45, 2.75) is 56.5 Å². The smallest absolute Gasteiger partial charge is 0.259 e. The van der Waals surface area contributed by atoms with Crippen molar-refractivity contribution in [3.05, 3.63) is 56.4 Å². The van der Waals surface area contributed by atoms with E-state index < -0.39 is 0 Å². The first-order valence-electron chi connectivity index (χ1n) is 10.1. The summed E-state index contributed by atoms with van der Waals surface area (Å²) in [5, 5.41) is 4.55. The zero-order chi connectivity index (χ0) is 19.3. The molecular formula is C22H25N3OS2. The predicted octanol–water partition coefficient (Wildman–Crippen LogP) is 5.00. The predicted molar refractivity (Wildman–Crippen MR) is 118 cm³/mol. The number of benzene rings is 1. The van der Waals surface area contributed by atoms with E-state index in [2.05, 4.69) is 48.4 Å². The van der Waals surface area contributed by atoms with Crippen LogP contribution in [0.1, 0.15) is 60.6 Å². The van der Waals surface area contributed by atoms with Gasteiger partial charge in [0.15, 0.2) is 0 Å². The molecule has 3 heterocycles. The molecule has 3 atom stereocenters. The molecule has 6 heteroatoms. The molecule has 4 nitrogen and oxygen atoms in total. The Bertz CT molecular complexity index is 1090. The lowest BCUT2D eigenvalue weighted by Gasteiger charge is -2.28. The zero-order valence-corrected chi connectivity index (χ0v) is 17.9. The third-order valence-corrected chi connectivity index (χ3v) is 8.27. The van der Waals surface area contributed by atoms with Gasteiger partial charge in [-0.1, -0.05) is 25.1 Å².